The summed E-state index contributed by atoms with van der Waals surface area (Å²) in [4.78, 5) is 14.6. The number of hydrogen-bond donors (Lipinski definition) is 1. The third-order valence-corrected chi connectivity index (χ3v) is 5.57. The fourth-order valence-electron chi connectivity index (χ4n) is 3.76. The summed E-state index contributed by atoms with van der Waals surface area (Å²) >= 11 is 0. The number of rotatable bonds is 7. The van der Waals surface area contributed by atoms with E-state index in [2.05, 4.69) is 48.3 Å². The van der Waals surface area contributed by atoms with E-state index in [1.807, 2.05) is 12.1 Å². The van der Waals surface area contributed by atoms with E-state index in [-0.39, 0.29) is 11.8 Å². The molecular formula is C23H30N2O3. The lowest BCUT2D eigenvalue weighted by atomic mass is 9.98. The maximum atomic E-state index is 12.3. The molecule has 0 unspecified atom stereocenters. The number of anilines is 2. The maximum Gasteiger partial charge on any atom is 0.227 e. The molecule has 2 aromatic carbocycles. The predicted molar refractivity (Wildman–Crippen MR) is 113 cm³/mol. The van der Waals surface area contributed by atoms with Crippen molar-refractivity contribution in [2.45, 2.75) is 39.7 Å². The number of nitrogens with one attached hydrogen (secondary N) is 1. The van der Waals surface area contributed by atoms with E-state index in [4.69, 9.17) is 9.47 Å². The van der Waals surface area contributed by atoms with Crippen LogP contribution >= 0.6 is 0 Å². The van der Waals surface area contributed by atoms with Gasteiger partial charge in [0.1, 0.15) is 0 Å². The first-order chi connectivity index (χ1) is 13.6. The lowest BCUT2D eigenvalue weighted by molar-refractivity contribution is -0.120. The fraction of sp³-hybridized carbons (Fsp3) is 0.435. The summed E-state index contributed by atoms with van der Waals surface area (Å²) < 4.78 is 10.9. The average Bonchev–Trinajstić information content (AvgIpc) is 2.73. The summed E-state index contributed by atoms with van der Waals surface area (Å²) in [6, 6.07) is 12.3. The van der Waals surface area contributed by atoms with E-state index in [9.17, 15) is 4.79 Å². The first kappa shape index (κ1) is 20.1. The van der Waals surface area contributed by atoms with Crippen LogP contribution in [-0.2, 0) is 17.8 Å². The Hall–Kier alpha value is -2.69. The highest BCUT2D eigenvalue weighted by Gasteiger charge is 2.20. The zero-order valence-electron chi connectivity index (χ0n) is 17.2. The van der Waals surface area contributed by atoms with E-state index in [1.165, 1.54) is 11.1 Å². The number of ether oxygens (including phenoxy) is 2. The second kappa shape index (κ2) is 9.00. The molecule has 0 aromatic heterocycles. The highest BCUT2D eigenvalue weighted by molar-refractivity contribution is 5.92. The number of benzene rings is 2. The molecule has 1 heterocycles. The van der Waals surface area contributed by atoms with Crippen LogP contribution in [0.25, 0.3) is 0 Å². The highest BCUT2D eigenvalue weighted by atomic mass is 16.5. The molecule has 5 heteroatoms. The highest BCUT2D eigenvalue weighted by Crippen LogP contribution is 2.34. The van der Waals surface area contributed by atoms with Gasteiger partial charge in [-0.05, 0) is 66.8 Å². The largest absolute Gasteiger partial charge is 0.493 e. The van der Waals surface area contributed by atoms with Gasteiger partial charge in [0.2, 0.25) is 5.91 Å². The normalized spacial score (nSPS) is 13.2. The van der Waals surface area contributed by atoms with Crippen molar-refractivity contribution in [1.29, 1.82) is 0 Å². The van der Waals surface area contributed by atoms with Crippen molar-refractivity contribution in [1.82, 2.24) is 0 Å². The van der Waals surface area contributed by atoms with E-state index < -0.39 is 0 Å². The van der Waals surface area contributed by atoms with Crippen LogP contribution in [0.4, 0.5) is 11.4 Å². The summed E-state index contributed by atoms with van der Waals surface area (Å²) in [6.45, 7) is 5.88. The minimum absolute atomic E-state index is 0.0743. The summed E-state index contributed by atoms with van der Waals surface area (Å²) in [5, 5.41) is 3.03. The van der Waals surface area contributed by atoms with Crippen molar-refractivity contribution in [2.24, 2.45) is 5.92 Å². The van der Waals surface area contributed by atoms with Crippen molar-refractivity contribution in [2.75, 3.05) is 31.0 Å². The van der Waals surface area contributed by atoms with Gasteiger partial charge in [-0.25, -0.2) is 0 Å². The number of nitrogens with zero attached hydrogens (tertiary/aromatic N) is 1. The molecule has 28 heavy (non-hydrogen) atoms. The molecule has 3 rings (SSSR count). The first-order valence-corrected chi connectivity index (χ1v) is 9.99. The van der Waals surface area contributed by atoms with Gasteiger partial charge in [0.15, 0.2) is 11.5 Å². The monoisotopic (exact) mass is 382 g/mol. The smallest absolute Gasteiger partial charge is 0.227 e. The molecule has 2 aromatic rings. The first-order valence-electron chi connectivity index (χ1n) is 9.99. The molecule has 0 saturated carbocycles. The minimum Gasteiger partial charge on any atom is -0.493 e. The molecule has 1 aliphatic rings. The third-order valence-electron chi connectivity index (χ3n) is 5.57. The summed E-state index contributed by atoms with van der Waals surface area (Å²) in [5.74, 6) is 1.73. The molecule has 1 aliphatic heterocycles. The molecular weight excluding hydrogens is 352 g/mol. The third kappa shape index (κ3) is 4.24. The van der Waals surface area contributed by atoms with Crippen molar-refractivity contribution in [3.8, 4) is 11.5 Å². The van der Waals surface area contributed by atoms with Gasteiger partial charge in [-0.2, -0.15) is 0 Å². The lowest BCUT2D eigenvalue weighted by Crippen LogP contribution is -2.30. The zero-order valence-corrected chi connectivity index (χ0v) is 17.2. The molecule has 150 valence electrons. The van der Waals surface area contributed by atoms with E-state index >= 15 is 0 Å². The molecule has 1 N–H and O–H groups in total. The number of carbonyl (C=O) groups excluding carboxylic acids is 1. The zero-order chi connectivity index (χ0) is 20.1. The number of fused-ring (bicyclic) bond motifs is 1. The van der Waals surface area contributed by atoms with Gasteiger partial charge in [0, 0.05) is 30.4 Å². The van der Waals surface area contributed by atoms with Crippen molar-refractivity contribution >= 4 is 17.3 Å². The summed E-state index contributed by atoms with van der Waals surface area (Å²) in [5.41, 5.74) is 4.57. The van der Waals surface area contributed by atoms with Crippen LogP contribution in [0.3, 0.4) is 0 Å². The molecule has 0 spiro atoms. The molecule has 0 bridgehead atoms. The van der Waals surface area contributed by atoms with Crippen molar-refractivity contribution in [3.63, 3.8) is 0 Å². The molecule has 5 nitrogen and oxygen atoms in total. The molecule has 0 saturated heterocycles. The van der Waals surface area contributed by atoms with Gasteiger partial charge in [-0.1, -0.05) is 13.8 Å². The Morgan fingerprint density at radius 3 is 2.21 bits per heavy atom. The van der Waals surface area contributed by atoms with E-state index in [0.717, 1.165) is 55.2 Å². The number of carbonyl (C=O) groups is 1. The average molecular weight is 383 g/mol. The summed E-state index contributed by atoms with van der Waals surface area (Å²) in [7, 11) is 3.34. The quantitative estimate of drug-likeness (QED) is 0.758. The van der Waals surface area contributed by atoms with Gasteiger partial charge < -0.3 is 19.7 Å². The van der Waals surface area contributed by atoms with Crippen LogP contribution in [0.5, 0.6) is 11.5 Å². The van der Waals surface area contributed by atoms with Crippen LogP contribution in [0.1, 0.15) is 37.8 Å². The maximum absolute atomic E-state index is 12.3. The van der Waals surface area contributed by atoms with Gasteiger partial charge in [0.25, 0.3) is 0 Å². The van der Waals surface area contributed by atoms with Crippen LogP contribution < -0.4 is 19.7 Å². The molecule has 0 atom stereocenters. The molecule has 0 radical (unpaired) electrons. The standard InChI is InChI=1S/C23H30N2O3/c1-5-16(6-2)23(26)24-19-7-9-20(10-8-19)25-12-11-17-13-21(27-3)22(28-4)14-18(17)15-25/h7-10,13-14,16H,5-6,11-12,15H2,1-4H3,(H,24,26). The number of hydrogen-bond acceptors (Lipinski definition) is 4. The summed E-state index contributed by atoms with van der Waals surface area (Å²) in [6.07, 6.45) is 2.69. The Bertz CT molecular complexity index is 813. The van der Waals surface area contributed by atoms with Gasteiger partial charge >= 0.3 is 0 Å². The number of methoxy groups -OCH3 is 2. The minimum atomic E-state index is 0.0743. The van der Waals surface area contributed by atoms with Crippen LogP contribution in [0.15, 0.2) is 36.4 Å². The fourth-order valence-corrected chi connectivity index (χ4v) is 3.76. The topological polar surface area (TPSA) is 50.8 Å². The van der Waals surface area contributed by atoms with Crippen LogP contribution in [0.2, 0.25) is 0 Å². The number of amides is 1. The van der Waals surface area contributed by atoms with Gasteiger partial charge in [-0.3, -0.25) is 4.79 Å². The Labute approximate surface area is 167 Å². The Balaban J connectivity index is 1.71. The van der Waals surface area contributed by atoms with E-state index in [1.54, 1.807) is 14.2 Å². The lowest BCUT2D eigenvalue weighted by Gasteiger charge is -2.31. The van der Waals surface area contributed by atoms with Crippen LogP contribution in [-0.4, -0.2) is 26.7 Å². The Morgan fingerprint density at radius 2 is 1.64 bits per heavy atom. The Kier molecular flexibility index (Phi) is 6.45. The van der Waals surface area contributed by atoms with Gasteiger partial charge in [-0.15, -0.1) is 0 Å². The second-order valence-corrected chi connectivity index (χ2v) is 7.20. The van der Waals surface area contributed by atoms with Crippen molar-refractivity contribution < 1.29 is 14.3 Å². The molecule has 0 aliphatic carbocycles. The van der Waals surface area contributed by atoms with Gasteiger partial charge in [0.05, 0.1) is 14.2 Å². The molecule has 0 fully saturated rings. The SMILES string of the molecule is CCC(CC)C(=O)Nc1ccc(N2CCc3cc(OC)c(OC)cc3C2)cc1. The second-order valence-electron chi connectivity index (χ2n) is 7.20. The van der Waals surface area contributed by atoms with Crippen LogP contribution in [0, 0.1) is 5.92 Å². The predicted octanol–water partition coefficient (Wildman–Crippen LogP) is 4.64. The Morgan fingerprint density at radius 1 is 1.04 bits per heavy atom. The van der Waals surface area contributed by atoms with Crippen molar-refractivity contribution in [3.05, 3.63) is 47.5 Å². The van der Waals surface area contributed by atoms with E-state index in [0.29, 0.717) is 0 Å². The molecule has 1 amide bonds.